The molecule has 1 atom stereocenters. The molecular weight excluding hydrogens is 118 g/mol. The van der Waals surface area contributed by atoms with Crippen LogP contribution in [0.15, 0.2) is 0 Å². The van der Waals surface area contributed by atoms with Gasteiger partial charge in [0, 0.05) is 6.54 Å². The van der Waals surface area contributed by atoms with E-state index >= 15 is 0 Å². The lowest BCUT2D eigenvalue weighted by Gasteiger charge is -2.22. The third-order valence-electron chi connectivity index (χ3n) is 1.32. The maximum atomic E-state index is 5.33. The van der Waals surface area contributed by atoms with Gasteiger partial charge in [-0.15, -0.1) is 0 Å². The zero-order valence-corrected chi connectivity index (χ0v) is 5.72. The van der Waals surface area contributed by atoms with Crippen molar-refractivity contribution in [1.82, 2.24) is 5.32 Å². The number of ether oxygens (including phenoxy) is 2. The molecule has 0 amide bonds. The Balaban J connectivity index is 2.08. The van der Waals surface area contributed by atoms with Gasteiger partial charge in [0.25, 0.3) is 0 Å². The monoisotopic (exact) mass is 131 g/mol. The van der Waals surface area contributed by atoms with E-state index in [1.807, 2.05) is 7.05 Å². The Bertz CT molecular complexity index is 68.7. The lowest BCUT2D eigenvalue weighted by Crippen LogP contribution is -2.35. The van der Waals surface area contributed by atoms with Gasteiger partial charge in [0.2, 0.25) is 0 Å². The SMILES string of the molecule is CNCC1COCCO1. The third kappa shape index (κ3) is 2.30. The Kier molecular flexibility index (Phi) is 2.97. The van der Waals surface area contributed by atoms with Crippen LogP contribution >= 0.6 is 0 Å². The Hall–Kier alpha value is -0.120. The van der Waals surface area contributed by atoms with Gasteiger partial charge in [0.15, 0.2) is 0 Å². The van der Waals surface area contributed by atoms with E-state index in [4.69, 9.17) is 9.47 Å². The van der Waals surface area contributed by atoms with Crippen LogP contribution < -0.4 is 5.32 Å². The standard InChI is InChI=1S/C6H13NO2/c1-7-4-6-5-8-2-3-9-6/h6-7H,2-5H2,1H3. The zero-order valence-electron chi connectivity index (χ0n) is 5.72. The van der Waals surface area contributed by atoms with Gasteiger partial charge in [0.1, 0.15) is 0 Å². The zero-order chi connectivity index (χ0) is 6.53. The van der Waals surface area contributed by atoms with E-state index in [0.717, 1.165) is 26.4 Å². The first kappa shape index (κ1) is 6.99. The maximum absolute atomic E-state index is 5.33. The van der Waals surface area contributed by atoms with Crippen molar-refractivity contribution < 1.29 is 9.47 Å². The normalized spacial score (nSPS) is 28.3. The summed E-state index contributed by atoms with van der Waals surface area (Å²) in [5.41, 5.74) is 0. The Labute approximate surface area is 55.3 Å². The first-order chi connectivity index (χ1) is 4.43. The molecule has 0 aromatic heterocycles. The molecule has 1 unspecified atom stereocenters. The molecule has 0 saturated carbocycles. The molecular formula is C6H13NO2. The molecule has 54 valence electrons. The van der Waals surface area contributed by atoms with Crippen LogP contribution in [-0.2, 0) is 9.47 Å². The van der Waals surface area contributed by atoms with Crippen LogP contribution in [0.5, 0.6) is 0 Å². The summed E-state index contributed by atoms with van der Waals surface area (Å²) in [6, 6.07) is 0. The molecule has 9 heavy (non-hydrogen) atoms. The molecule has 0 spiro atoms. The second-order valence-electron chi connectivity index (χ2n) is 2.13. The van der Waals surface area contributed by atoms with Crippen molar-refractivity contribution in [2.24, 2.45) is 0 Å². The molecule has 1 aliphatic rings. The Morgan fingerprint density at radius 2 is 2.44 bits per heavy atom. The van der Waals surface area contributed by atoms with Crippen molar-refractivity contribution in [1.29, 1.82) is 0 Å². The number of likely N-dealkylation sites (N-methyl/N-ethyl adjacent to an activating group) is 1. The van der Waals surface area contributed by atoms with Crippen molar-refractivity contribution in [2.45, 2.75) is 6.10 Å². The average molecular weight is 131 g/mol. The second-order valence-corrected chi connectivity index (χ2v) is 2.13. The highest BCUT2D eigenvalue weighted by Crippen LogP contribution is 1.97. The van der Waals surface area contributed by atoms with E-state index in [2.05, 4.69) is 5.32 Å². The van der Waals surface area contributed by atoms with E-state index in [1.165, 1.54) is 0 Å². The third-order valence-corrected chi connectivity index (χ3v) is 1.32. The van der Waals surface area contributed by atoms with Crippen LogP contribution in [0.1, 0.15) is 0 Å². The molecule has 0 bridgehead atoms. The molecule has 1 rings (SSSR count). The summed E-state index contributed by atoms with van der Waals surface area (Å²) >= 11 is 0. The summed E-state index contributed by atoms with van der Waals surface area (Å²) in [5, 5.41) is 3.03. The number of hydrogen-bond donors (Lipinski definition) is 1. The molecule has 1 heterocycles. The summed E-state index contributed by atoms with van der Waals surface area (Å²) in [6.07, 6.45) is 0.267. The molecule has 0 aromatic carbocycles. The van der Waals surface area contributed by atoms with Gasteiger partial charge in [-0.1, -0.05) is 0 Å². The van der Waals surface area contributed by atoms with Crippen molar-refractivity contribution in [3.8, 4) is 0 Å². The van der Waals surface area contributed by atoms with Gasteiger partial charge in [-0.3, -0.25) is 0 Å². The molecule has 0 aromatic rings. The largest absolute Gasteiger partial charge is 0.376 e. The van der Waals surface area contributed by atoms with Gasteiger partial charge >= 0.3 is 0 Å². The van der Waals surface area contributed by atoms with Crippen LogP contribution in [0.25, 0.3) is 0 Å². The van der Waals surface area contributed by atoms with E-state index in [-0.39, 0.29) is 6.10 Å². The topological polar surface area (TPSA) is 30.5 Å². The predicted octanol–water partition coefficient (Wildman–Crippen LogP) is -0.379. The fourth-order valence-corrected chi connectivity index (χ4v) is 0.882. The molecule has 1 N–H and O–H groups in total. The number of hydrogen-bond acceptors (Lipinski definition) is 3. The minimum Gasteiger partial charge on any atom is -0.376 e. The highest BCUT2D eigenvalue weighted by atomic mass is 16.6. The first-order valence-electron chi connectivity index (χ1n) is 3.27. The summed E-state index contributed by atoms with van der Waals surface area (Å²) in [4.78, 5) is 0. The fraction of sp³-hybridized carbons (Fsp3) is 1.00. The van der Waals surface area contributed by atoms with Crippen molar-refractivity contribution >= 4 is 0 Å². The molecule has 1 saturated heterocycles. The number of nitrogens with one attached hydrogen (secondary N) is 1. The van der Waals surface area contributed by atoms with Crippen molar-refractivity contribution in [2.75, 3.05) is 33.4 Å². The summed E-state index contributed by atoms with van der Waals surface area (Å²) in [5.74, 6) is 0. The highest BCUT2D eigenvalue weighted by Gasteiger charge is 2.11. The van der Waals surface area contributed by atoms with Crippen LogP contribution in [0.4, 0.5) is 0 Å². The average Bonchev–Trinajstić information content (AvgIpc) is 1.91. The summed E-state index contributed by atoms with van der Waals surface area (Å²) in [6.45, 7) is 3.12. The van der Waals surface area contributed by atoms with Gasteiger partial charge in [0.05, 0.1) is 25.9 Å². The molecule has 3 heteroatoms. The maximum Gasteiger partial charge on any atom is 0.0933 e. The smallest absolute Gasteiger partial charge is 0.0933 e. The second kappa shape index (κ2) is 3.82. The van der Waals surface area contributed by atoms with Gasteiger partial charge in [-0.05, 0) is 7.05 Å². The predicted molar refractivity (Wildman–Crippen MR) is 34.5 cm³/mol. The van der Waals surface area contributed by atoms with Crippen LogP contribution in [0.3, 0.4) is 0 Å². The molecule has 0 radical (unpaired) electrons. The van der Waals surface area contributed by atoms with E-state index < -0.39 is 0 Å². The van der Waals surface area contributed by atoms with E-state index in [1.54, 1.807) is 0 Å². The van der Waals surface area contributed by atoms with Gasteiger partial charge in [-0.25, -0.2) is 0 Å². The lowest BCUT2D eigenvalue weighted by atomic mass is 10.3. The Morgan fingerprint density at radius 1 is 1.56 bits per heavy atom. The quantitative estimate of drug-likeness (QED) is 0.554. The highest BCUT2D eigenvalue weighted by molar-refractivity contribution is 4.61. The molecule has 1 fully saturated rings. The van der Waals surface area contributed by atoms with Gasteiger partial charge in [-0.2, -0.15) is 0 Å². The summed E-state index contributed by atoms with van der Waals surface area (Å²) < 4.78 is 10.5. The van der Waals surface area contributed by atoms with Gasteiger partial charge < -0.3 is 14.8 Å². The van der Waals surface area contributed by atoms with Crippen molar-refractivity contribution in [3.63, 3.8) is 0 Å². The van der Waals surface area contributed by atoms with Crippen LogP contribution in [-0.4, -0.2) is 39.5 Å². The minimum atomic E-state index is 0.267. The number of rotatable bonds is 2. The van der Waals surface area contributed by atoms with Crippen LogP contribution in [0.2, 0.25) is 0 Å². The Morgan fingerprint density at radius 3 is 3.00 bits per heavy atom. The van der Waals surface area contributed by atoms with Crippen LogP contribution in [0, 0.1) is 0 Å². The van der Waals surface area contributed by atoms with E-state index in [9.17, 15) is 0 Å². The van der Waals surface area contributed by atoms with E-state index in [0.29, 0.717) is 0 Å². The van der Waals surface area contributed by atoms with Crippen molar-refractivity contribution in [3.05, 3.63) is 0 Å². The minimum absolute atomic E-state index is 0.267. The first-order valence-corrected chi connectivity index (χ1v) is 3.27. The fourth-order valence-electron chi connectivity index (χ4n) is 0.882. The molecule has 1 aliphatic heterocycles. The lowest BCUT2D eigenvalue weighted by molar-refractivity contribution is -0.0858. The summed E-state index contributed by atoms with van der Waals surface area (Å²) in [7, 11) is 1.91. The molecule has 3 nitrogen and oxygen atoms in total. The molecule has 0 aliphatic carbocycles.